The monoisotopic (exact) mass is 482 g/mol. The van der Waals surface area contributed by atoms with Crippen LogP contribution in [0.2, 0.25) is 0 Å². The summed E-state index contributed by atoms with van der Waals surface area (Å²) in [6.07, 6.45) is 11.6. The Labute approximate surface area is 210 Å². The van der Waals surface area contributed by atoms with Gasteiger partial charge in [-0.3, -0.25) is 10.3 Å². The molecule has 1 aromatic carbocycles. The lowest BCUT2D eigenvalue weighted by molar-refractivity contribution is 0.109. The number of anilines is 1. The van der Waals surface area contributed by atoms with Crippen LogP contribution >= 0.6 is 0 Å². The average Bonchev–Trinajstić information content (AvgIpc) is 2.89. The van der Waals surface area contributed by atoms with Gasteiger partial charge in [-0.25, -0.2) is 0 Å². The van der Waals surface area contributed by atoms with Gasteiger partial charge in [-0.2, -0.15) is 5.10 Å². The number of aromatic nitrogens is 2. The molecule has 7 heteroatoms. The minimum Gasteiger partial charge on any atom is -0.488 e. The van der Waals surface area contributed by atoms with Gasteiger partial charge in [0.2, 0.25) is 5.88 Å². The highest BCUT2D eigenvalue weighted by atomic mass is 16.6. The quantitative estimate of drug-likeness (QED) is 0.392. The second kappa shape index (κ2) is 13.1. The molecule has 2 fully saturated rings. The van der Waals surface area contributed by atoms with E-state index >= 15 is 0 Å². The predicted octanol–water partition coefficient (Wildman–Crippen LogP) is 6.03. The standard InChI is InChI=1S/C28H42N4O3/c1-4-6-12-25-24(20-28(30-29-25)35-23-15-17-32(3)18-16-23)21-13-14-27(26(19-21)31-33-5-2)34-22-10-8-7-9-11-22/h13-14,19-20,22-23,31H,4-12,15-18H2,1-3H3. The molecular weight excluding hydrogens is 440 g/mol. The summed E-state index contributed by atoms with van der Waals surface area (Å²) in [7, 11) is 2.16. The third-order valence-corrected chi connectivity index (χ3v) is 7.03. The number of unbranched alkanes of at least 4 members (excludes halogenated alkanes) is 1. The molecule has 0 spiro atoms. The van der Waals surface area contributed by atoms with Crippen molar-refractivity contribution >= 4 is 5.69 Å². The Kier molecular flexibility index (Phi) is 9.60. The molecule has 1 saturated carbocycles. The van der Waals surface area contributed by atoms with Crippen molar-refractivity contribution in [2.45, 2.75) is 90.3 Å². The van der Waals surface area contributed by atoms with E-state index in [1.807, 2.05) is 6.92 Å². The zero-order valence-corrected chi connectivity index (χ0v) is 21.7. The molecule has 1 aliphatic heterocycles. The van der Waals surface area contributed by atoms with Gasteiger partial charge in [-0.05, 0) is 83.0 Å². The van der Waals surface area contributed by atoms with Crippen LogP contribution in [-0.4, -0.2) is 54.0 Å². The maximum atomic E-state index is 6.40. The fourth-order valence-corrected chi connectivity index (χ4v) is 4.90. The normalized spacial score (nSPS) is 17.9. The highest BCUT2D eigenvalue weighted by molar-refractivity contribution is 5.73. The number of likely N-dealkylation sites (tertiary alicyclic amines) is 1. The van der Waals surface area contributed by atoms with Crippen LogP contribution in [0.4, 0.5) is 5.69 Å². The lowest BCUT2D eigenvalue weighted by Crippen LogP contribution is -2.35. The molecule has 2 heterocycles. The minimum absolute atomic E-state index is 0.191. The SMILES string of the molecule is CCCCc1nnc(OC2CCN(C)CC2)cc1-c1ccc(OC2CCCCC2)c(NOCC)c1. The van der Waals surface area contributed by atoms with Crippen LogP contribution in [0.3, 0.4) is 0 Å². The maximum Gasteiger partial charge on any atom is 0.234 e. The molecule has 0 atom stereocenters. The number of ether oxygens (including phenoxy) is 2. The molecule has 0 bridgehead atoms. The summed E-state index contributed by atoms with van der Waals surface area (Å²) in [6, 6.07) is 8.37. The van der Waals surface area contributed by atoms with Gasteiger partial charge < -0.3 is 14.4 Å². The van der Waals surface area contributed by atoms with Crippen molar-refractivity contribution in [1.82, 2.24) is 15.1 Å². The number of hydrogen-bond donors (Lipinski definition) is 1. The third kappa shape index (κ3) is 7.31. The molecule has 0 unspecified atom stereocenters. The van der Waals surface area contributed by atoms with Crippen molar-refractivity contribution in [3.8, 4) is 22.8 Å². The summed E-state index contributed by atoms with van der Waals surface area (Å²) in [5.74, 6) is 1.45. The summed E-state index contributed by atoms with van der Waals surface area (Å²) >= 11 is 0. The Morgan fingerprint density at radius 1 is 0.943 bits per heavy atom. The predicted molar refractivity (Wildman–Crippen MR) is 140 cm³/mol. The molecular formula is C28H42N4O3. The van der Waals surface area contributed by atoms with E-state index in [-0.39, 0.29) is 12.2 Å². The maximum absolute atomic E-state index is 6.40. The van der Waals surface area contributed by atoms with Crippen LogP contribution in [0.25, 0.3) is 11.1 Å². The molecule has 1 N–H and O–H groups in total. The van der Waals surface area contributed by atoms with Crippen LogP contribution < -0.4 is 15.0 Å². The molecule has 1 aromatic heterocycles. The van der Waals surface area contributed by atoms with Crippen LogP contribution in [0.1, 0.15) is 77.3 Å². The summed E-state index contributed by atoms with van der Waals surface area (Å²) in [6.45, 7) is 6.84. The highest BCUT2D eigenvalue weighted by Gasteiger charge is 2.21. The first-order valence-corrected chi connectivity index (χ1v) is 13.6. The summed E-state index contributed by atoms with van der Waals surface area (Å²) in [5, 5.41) is 9.06. The van der Waals surface area contributed by atoms with E-state index in [9.17, 15) is 0 Å². The molecule has 7 nitrogen and oxygen atoms in total. The number of nitrogens with one attached hydrogen (secondary N) is 1. The van der Waals surface area contributed by atoms with Gasteiger partial charge in [-0.15, -0.1) is 5.10 Å². The Hall–Kier alpha value is -2.38. The van der Waals surface area contributed by atoms with Crippen molar-refractivity contribution in [1.29, 1.82) is 0 Å². The topological polar surface area (TPSA) is 68.7 Å². The van der Waals surface area contributed by atoms with E-state index < -0.39 is 0 Å². The van der Waals surface area contributed by atoms with Crippen LogP contribution in [-0.2, 0) is 11.3 Å². The van der Waals surface area contributed by atoms with Crippen molar-refractivity contribution in [3.05, 3.63) is 30.0 Å². The number of nitrogens with zero attached hydrogens (tertiary/aromatic N) is 3. The molecule has 2 aliphatic rings. The Morgan fingerprint density at radius 2 is 1.71 bits per heavy atom. The summed E-state index contributed by atoms with van der Waals surface area (Å²) < 4.78 is 12.7. The van der Waals surface area contributed by atoms with Crippen molar-refractivity contribution in [2.75, 3.05) is 32.2 Å². The number of piperidine rings is 1. The smallest absolute Gasteiger partial charge is 0.234 e. The summed E-state index contributed by atoms with van der Waals surface area (Å²) in [5.41, 5.74) is 7.11. The number of benzene rings is 1. The van der Waals surface area contributed by atoms with Gasteiger partial charge in [0, 0.05) is 24.7 Å². The second-order valence-corrected chi connectivity index (χ2v) is 9.89. The molecule has 1 saturated heterocycles. The largest absolute Gasteiger partial charge is 0.488 e. The fourth-order valence-electron chi connectivity index (χ4n) is 4.90. The van der Waals surface area contributed by atoms with Crippen LogP contribution in [0, 0.1) is 0 Å². The first-order valence-electron chi connectivity index (χ1n) is 13.6. The Morgan fingerprint density at radius 3 is 2.46 bits per heavy atom. The van der Waals surface area contributed by atoms with Crippen molar-refractivity contribution in [2.24, 2.45) is 0 Å². The van der Waals surface area contributed by atoms with Gasteiger partial charge in [0.05, 0.1) is 18.4 Å². The van der Waals surface area contributed by atoms with E-state index in [0.717, 1.165) is 86.3 Å². The van der Waals surface area contributed by atoms with E-state index in [2.05, 4.69) is 58.8 Å². The first kappa shape index (κ1) is 25.7. The number of rotatable bonds is 11. The highest BCUT2D eigenvalue weighted by Crippen LogP contribution is 2.35. The van der Waals surface area contributed by atoms with Crippen LogP contribution in [0.15, 0.2) is 24.3 Å². The van der Waals surface area contributed by atoms with E-state index in [1.54, 1.807) is 0 Å². The minimum atomic E-state index is 0.191. The first-order chi connectivity index (χ1) is 17.2. The Bertz CT molecular complexity index is 924. The molecule has 0 radical (unpaired) electrons. The van der Waals surface area contributed by atoms with E-state index in [1.165, 1.54) is 19.3 Å². The second-order valence-electron chi connectivity index (χ2n) is 9.89. The number of aryl methyl sites for hydroxylation is 1. The zero-order valence-electron chi connectivity index (χ0n) is 21.7. The fraction of sp³-hybridized carbons (Fsp3) is 0.643. The number of hydrogen-bond acceptors (Lipinski definition) is 7. The van der Waals surface area contributed by atoms with Gasteiger partial charge in [0.15, 0.2) is 0 Å². The molecule has 0 amide bonds. The lowest BCUT2D eigenvalue weighted by atomic mass is 9.97. The lowest BCUT2D eigenvalue weighted by Gasteiger charge is -2.29. The van der Waals surface area contributed by atoms with Gasteiger partial charge >= 0.3 is 0 Å². The summed E-state index contributed by atoms with van der Waals surface area (Å²) in [4.78, 5) is 7.92. The van der Waals surface area contributed by atoms with Crippen LogP contribution in [0.5, 0.6) is 11.6 Å². The van der Waals surface area contributed by atoms with E-state index in [4.69, 9.17) is 14.3 Å². The van der Waals surface area contributed by atoms with Gasteiger partial charge in [0.25, 0.3) is 0 Å². The van der Waals surface area contributed by atoms with Gasteiger partial charge in [-0.1, -0.05) is 25.8 Å². The van der Waals surface area contributed by atoms with Gasteiger partial charge in [0.1, 0.15) is 17.5 Å². The molecule has 4 rings (SSSR count). The Balaban J connectivity index is 1.60. The van der Waals surface area contributed by atoms with E-state index in [0.29, 0.717) is 12.5 Å². The van der Waals surface area contributed by atoms with Crippen molar-refractivity contribution in [3.63, 3.8) is 0 Å². The molecule has 2 aromatic rings. The molecule has 1 aliphatic carbocycles. The average molecular weight is 483 g/mol. The molecule has 35 heavy (non-hydrogen) atoms. The van der Waals surface area contributed by atoms with Crippen molar-refractivity contribution < 1.29 is 14.3 Å². The third-order valence-electron chi connectivity index (χ3n) is 7.03. The zero-order chi connectivity index (χ0) is 24.5. The molecule has 192 valence electrons.